The number of nitrogens with zero attached hydrogens (tertiary/aromatic N) is 7. The van der Waals surface area contributed by atoms with Crippen molar-refractivity contribution in [3.05, 3.63) is 111 Å². The highest BCUT2D eigenvalue weighted by atomic mass is 16.6. The molecule has 0 aliphatic carbocycles. The molecule has 0 spiro atoms. The Kier molecular flexibility index (Phi) is 12.4. The summed E-state index contributed by atoms with van der Waals surface area (Å²) in [6, 6.07) is 17.7. The normalized spacial score (nSPS) is 14.1. The number of hydrogen-bond donors (Lipinski definition) is 4. The zero-order chi connectivity index (χ0) is 48.0. The van der Waals surface area contributed by atoms with Crippen molar-refractivity contribution in [2.24, 2.45) is 5.92 Å². The first-order valence-electron chi connectivity index (χ1n) is 23.1. The smallest absolute Gasteiger partial charge is 0.410 e. The minimum absolute atomic E-state index is 0.0309. The van der Waals surface area contributed by atoms with Crippen molar-refractivity contribution in [3.63, 3.8) is 0 Å². The van der Waals surface area contributed by atoms with Gasteiger partial charge >= 0.3 is 6.09 Å². The van der Waals surface area contributed by atoms with E-state index in [1.165, 1.54) is 6.07 Å². The second kappa shape index (κ2) is 18.5. The van der Waals surface area contributed by atoms with Gasteiger partial charge in [-0.05, 0) is 117 Å². The molecule has 6 heterocycles. The molecule has 0 saturated carbocycles. The van der Waals surface area contributed by atoms with Crippen molar-refractivity contribution in [3.8, 4) is 45.7 Å². The van der Waals surface area contributed by atoms with Gasteiger partial charge in [-0.3, -0.25) is 19.0 Å². The first kappa shape index (κ1) is 45.5. The number of carbonyl (C=O) groups excluding carboxylic acids is 3. The van der Waals surface area contributed by atoms with E-state index in [1.54, 1.807) is 45.2 Å². The average molecular weight is 923 g/mol. The van der Waals surface area contributed by atoms with Crippen LogP contribution in [0.15, 0.2) is 71.7 Å². The summed E-state index contributed by atoms with van der Waals surface area (Å²) in [7, 11) is 0. The molecule has 17 nitrogen and oxygen atoms in total. The lowest BCUT2D eigenvalue weighted by Crippen LogP contribution is -2.39. The monoisotopic (exact) mass is 922 g/mol. The van der Waals surface area contributed by atoms with Crippen LogP contribution in [0.1, 0.15) is 104 Å². The first-order valence-corrected chi connectivity index (χ1v) is 23.1. The predicted molar refractivity (Wildman–Crippen MR) is 254 cm³/mol. The molecule has 68 heavy (non-hydrogen) atoms. The van der Waals surface area contributed by atoms with Crippen LogP contribution in [0.2, 0.25) is 0 Å². The number of phenolic OH excluding ortho intramolecular Hbond substituents is 3. The SMILES string of the molecule is CCNC(=O)c1nnc(-c2cc(C(C)C)c(O)cc2O)n1-c1ccc2c(ccn2CCC2CCN(C(=O)OC(C)c3cc4n(c(=O)c3COC=O)Cc3c-4nc4ccc(O)cc4c3CC)CC2)c1. The third kappa shape index (κ3) is 8.26. The van der Waals surface area contributed by atoms with Crippen molar-refractivity contribution < 1.29 is 39.2 Å². The summed E-state index contributed by atoms with van der Waals surface area (Å²) >= 11 is 0. The molecule has 7 aromatic rings. The quantitative estimate of drug-likeness (QED) is 0.0767. The van der Waals surface area contributed by atoms with Crippen LogP contribution in [0.25, 0.3) is 50.3 Å². The lowest BCUT2D eigenvalue weighted by Gasteiger charge is -2.32. The number of rotatable bonds is 14. The van der Waals surface area contributed by atoms with Gasteiger partial charge in [0.2, 0.25) is 5.82 Å². The van der Waals surface area contributed by atoms with E-state index in [-0.39, 0.29) is 59.1 Å². The summed E-state index contributed by atoms with van der Waals surface area (Å²) in [4.78, 5) is 59.0. The van der Waals surface area contributed by atoms with Gasteiger partial charge in [0.25, 0.3) is 17.9 Å². The van der Waals surface area contributed by atoms with Crippen LogP contribution in [0.5, 0.6) is 17.2 Å². The van der Waals surface area contributed by atoms with E-state index in [4.69, 9.17) is 14.5 Å². The molecule has 352 valence electrons. The standard InChI is InChI=1S/C51H54N8O9/c1-6-34-37-21-33(61)9-10-41(37)53-46-39(34)25-58-43(46)23-36(40(50(58)65)26-67-27-60)29(5)68-51(66)57-17-13-30(14-18-57)12-16-56-19-15-31-20-32(8-11-42(31)56)59-47(54-55-48(59)49(64)52-7-2)38-22-35(28(3)4)44(62)24-45(38)63/h8-11,15,19-24,27-30,61-63H,6-7,12-14,16-18,25-26H2,1-5H3,(H,52,64). The molecule has 2 aliphatic heterocycles. The molecule has 0 bridgehead atoms. The Morgan fingerprint density at radius 3 is 2.46 bits per heavy atom. The number of piperidine rings is 1. The molecule has 1 atom stereocenters. The average Bonchev–Trinajstić information content (AvgIpc) is 4.05. The molecule has 4 N–H and O–H groups in total. The van der Waals surface area contributed by atoms with Gasteiger partial charge in [-0.15, -0.1) is 10.2 Å². The van der Waals surface area contributed by atoms with Crippen LogP contribution < -0.4 is 10.9 Å². The highest BCUT2D eigenvalue weighted by Gasteiger charge is 2.32. The first-order chi connectivity index (χ1) is 32.8. The number of hydrogen-bond acceptors (Lipinski definition) is 12. The van der Waals surface area contributed by atoms with Crippen LogP contribution in [-0.4, -0.2) is 87.2 Å². The van der Waals surface area contributed by atoms with E-state index in [0.717, 1.165) is 53.2 Å². The number of amides is 2. The molecule has 3 aromatic carbocycles. The molecule has 2 aliphatic rings. The summed E-state index contributed by atoms with van der Waals surface area (Å²) in [6.07, 6.45) is 3.80. The molecule has 4 aromatic heterocycles. The molecule has 0 radical (unpaired) electrons. The van der Waals surface area contributed by atoms with Crippen LogP contribution in [0.4, 0.5) is 4.79 Å². The van der Waals surface area contributed by atoms with Gasteiger partial charge in [-0.2, -0.15) is 0 Å². The number of aromatic hydroxyl groups is 3. The summed E-state index contributed by atoms with van der Waals surface area (Å²) in [6.45, 7) is 11.8. The number of likely N-dealkylation sites (tertiary alicyclic amines) is 1. The number of carbonyl (C=O) groups is 3. The van der Waals surface area contributed by atoms with Gasteiger partial charge in [0.05, 0.1) is 40.3 Å². The lowest BCUT2D eigenvalue weighted by molar-refractivity contribution is -0.129. The molecule has 1 unspecified atom stereocenters. The summed E-state index contributed by atoms with van der Waals surface area (Å²) < 4.78 is 16.6. The zero-order valence-corrected chi connectivity index (χ0v) is 38.7. The molecular weight excluding hydrogens is 869 g/mol. The Morgan fingerprint density at radius 1 is 0.926 bits per heavy atom. The largest absolute Gasteiger partial charge is 0.508 e. The maximum Gasteiger partial charge on any atom is 0.410 e. The Bertz CT molecular complexity index is 3180. The van der Waals surface area contributed by atoms with E-state index in [2.05, 4.69) is 20.1 Å². The minimum Gasteiger partial charge on any atom is -0.508 e. The Hall–Kier alpha value is -7.69. The summed E-state index contributed by atoms with van der Waals surface area (Å²) in [5.41, 5.74) is 6.69. The fraction of sp³-hybridized carbons (Fsp3) is 0.353. The minimum atomic E-state index is -0.840. The van der Waals surface area contributed by atoms with Gasteiger partial charge in [0, 0.05) is 65.9 Å². The van der Waals surface area contributed by atoms with Crippen LogP contribution in [-0.2, 0) is 40.4 Å². The number of nitrogens with one attached hydrogen (secondary N) is 1. The van der Waals surface area contributed by atoms with Crippen molar-refractivity contribution in [2.45, 2.75) is 92.0 Å². The zero-order valence-electron chi connectivity index (χ0n) is 38.7. The van der Waals surface area contributed by atoms with Crippen LogP contribution >= 0.6 is 0 Å². The van der Waals surface area contributed by atoms with E-state index < -0.39 is 18.1 Å². The Labute approximate surface area is 391 Å². The molecule has 9 rings (SSSR count). The Balaban J connectivity index is 0.879. The molecular formula is C51H54N8O9. The summed E-state index contributed by atoms with van der Waals surface area (Å²) in [5, 5.41) is 44.9. The van der Waals surface area contributed by atoms with Gasteiger partial charge in [-0.25, -0.2) is 9.78 Å². The third-order valence-electron chi connectivity index (χ3n) is 13.4. The third-order valence-corrected chi connectivity index (χ3v) is 13.4. The van der Waals surface area contributed by atoms with E-state index in [0.29, 0.717) is 77.7 Å². The molecule has 2 amide bonds. The van der Waals surface area contributed by atoms with Crippen molar-refractivity contribution in [1.82, 2.24) is 39.1 Å². The number of phenols is 3. The van der Waals surface area contributed by atoms with Crippen LogP contribution in [0, 0.1) is 5.92 Å². The number of benzene rings is 3. The number of aromatic nitrogens is 6. The van der Waals surface area contributed by atoms with Crippen molar-refractivity contribution >= 4 is 40.3 Å². The van der Waals surface area contributed by atoms with E-state index in [9.17, 15) is 34.5 Å². The predicted octanol–water partition coefficient (Wildman–Crippen LogP) is 7.85. The molecule has 1 fully saturated rings. The summed E-state index contributed by atoms with van der Waals surface area (Å²) in [5.74, 6) is 0.120. The highest BCUT2D eigenvalue weighted by molar-refractivity contribution is 5.93. The molecule has 17 heteroatoms. The number of ether oxygens (including phenoxy) is 2. The highest BCUT2D eigenvalue weighted by Crippen LogP contribution is 2.40. The van der Waals surface area contributed by atoms with E-state index >= 15 is 0 Å². The van der Waals surface area contributed by atoms with Gasteiger partial charge in [-0.1, -0.05) is 20.8 Å². The van der Waals surface area contributed by atoms with Crippen molar-refractivity contribution in [1.29, 1.82) is 0 Å². The van der Waals surface area contributed by atoms with Gasteiger partial charge in [0.15, 0.2) is 5.82 Å². The second-order valence-corrected chi connectivity index (χ2v) is 17.9. The number of aryl methyl sites for hydroxylation is 2. The number of pyridine rings is 2. The fourth-order valence-electron chi connectivity index (χ4n) is 9.85. The topological polar surface area (TPSA) is 216 Å². The number of fused-ring (bicyclic) bond motifs is 5. The van der Waals surface area contributed by atoms with E-state index in [1.807, 2.05) is 64.2 Å². The maximum atomic E-state index is 14.1. The van der Waals surface area contributed by atoms with Gasteiger partial charge in [0.1, 0.15) is 30.0 Å². The lowest BCUT2D eigenvalue weighted by atomic mass is 9.94. The second-order valence-electron chi connectivity index (χ2n) is 17.9. The van der Waals surface area contributed by atoms with Crippen LogP contribution in [0.3, 0.4) is 0 Å². The van der Waals surface area contributed by atoms with Crippen molar-refractivity contribution in [2.75, 3.05) is 19.6 Å². The maximum absolute atomic E-state index is 14.1. The molecule has 1 saturated heterocycles. The fourth-order valence-corrected chi connectivity index (χ4v) is 9.85. The van der Waals surface area contributed by atoms with Gasteiger partial charge < -0.3 is 44.1 Å². The Morgan fingerprint density at radius 2 is 1.72 bits per heavy atom.